The summed E-state index contributed by atoms with van der Waals surface area (Å²) in [4.78, 5) is 1.84. The van der Waals surface area contributed by atoms with E-state index >= 15 is 0 Å². The smallest absolute Gasteiger partial charge is 0.146 e. The van der Waals surface area contributed by atoms with Crippen molar-refractivity contribution in [3.63, 3.8) is 0 Å². The summed E-state index contributed by atoms with van der Waals surface area (Å²) in [7, 11) is 1.86. The van der Waals surface area contributed by atoms with Gasteiger partial charge in [-0.15, -0.1) is 0 Å². The third-order valence-electron chi connectivity index (χ3n) is 3.37. The quantitative estimate of drug-likeness (QED) is 0.871. The van der Waals surface area contributed by atoms with Crippen molar-refractivity contribution < 1.29 is 8.81 Å². The third-order valence-corrected chi connectivity index (χ3v) is 3.37. The van der Waals surface area contributed by atoms with Gasteiger partial charge >= 0.3 is 0 Å². The highest BCUT2D eigenvalue weighted by Crippen LogP contribution is 2.24. The van der Waals surface area contributed by atoms with Gasteiger partial charge < -0.3 is 14.6 Å². The van der Waals surface area contributed by atoms with Gasteiger partial charge in [-0.1, -0.05) is 13.0 Å². The largest absolute Gasteiger partial charge is 0.467 e. The van der Waals surface area contributed by atoms with E-state index in [-0.39, 0.29) is 11.9 Å². The fraction of sp³-hybridized carbons (Fsp3) is 0.375. The number of halogens is 1. The minimum absolute atomic E-state index is 0.152. The van der Waals surface area contributed by atoms with Gasteiger partial charge in [-0.2, -0.15) is 0 Å². The van der Waals surface area contributed by atoms with E-state index in [4.69, 9.17) is 4.42 Å². The van der Waals surface area contributed by atoms with E-state index in [1.807, 2.05) is 50.1 Å². The van der Waals surface area contributed by atoms with Gasteiger partial charge in [-0.25, -0.2) is 4.39 Å². The van der Waals surface area contributed by atoms with Crippen LogP contribution in [0.4, 0.5) is 10.1 Å². The number of hydrogen-bond donors (Lipinski definition) is 1. The fourth-order valence-corrected chi connectivity index (χ4v) is 2.25. The van der Waals surface area contributed by atoms with E-state index in [0.29, 0.717) is 12.2 Å². The number of nitrogens with one attached hydrogen (secondary N) is 1. The SMILES string of the molecule is CCNC(C)c1ccc(N(C)Cc2ccco2)c(F)c1. The molecule has 0 radical (unpaired) electrons. The lowest BCUT2D eigenvalue weighted by Crippen LogP contribution is -2.20. The molecule has 2 rings (SSSR count). The van der Waals surface area contributed by atoms with Crippen LogP contribution in [0.5, 0.6) is 0 Å². The molecule has 108 valence electrons. The molecule has 4 heteroatoms. The Morgan fingerprint density at radius 1 is 1.35 bits per heavy atom. The van der Waals surface area contributed by atoms with Crippen LogP contribution in [0, 0.1) is 5.82 Å². The molecule has 1 unspecified atom stereocenters. The zero-order valence-corrected chi connectivity index (χ0v) is 12.2. The second-order valence-electron chi connectivity index (χ2n) is 4.93. The van der Waals surface area contributed by atoms with Crippen molar-refractivity contribution in [2.45, 2.75) is 26.4 Å². The summed E-state index contributed by atoms with van der Waals surface area (Å²) in [5, 5.41) is 3.28. The first-order valence-corrected chi connectivity index (χ1v) is 6.88. The minimum atomic E-state index is -0.207. The zero-order valence-electron chi connectivity index (χ0n) is 12.2. The Morgan fingerprint density at radius 2 is 2.15 bits per heavy atom. The van der Waals surface area contributed by atoms with Gasteiger partial charge in [0.2, 0.25) is 0 Å². The summed E-state index contributed by atoms with van der Waals surface area (Å²) >= 11 is 0. The van der Waals surface area contributed by atoms with Crippen molar-refractivity contribution >= 4 is 5.69 Å². The van der Waals surface area contributed by atoms with Crippen LogP contribution in [-0.2, 0) is 6.54 Å². The van der Waals surface area contributed by atoms with Gasteiger partial charge in [0.15, 0.2) is 0 Å². The molecular weight excluding hydrogens is 255 g/mol. The molecule has 0 amide bonds. The summed E-state index contributed by atoms with van der Waals surface area (Å²) in [5.41, 5.74) is 1.54. The van der Waals surface area contributed by atoms with Crippen molar-refractivity contribution in [1.82, 2.24) is 5.32 Å². The summed E-state index contributed by atoms with van der Waals surface area (Å²) in [6.07, 6.45) is 1.63. The Labute approximate surface area is 119 Å². The maximum atomic E-state index is 14.2. The Bertz CT molecular complexity index is 539. The van der Waals surface area contributed by atoms with Gasteiger partial charge in [0.1, 0.15) is 11.6 Å². The molecule has 3 nitrogen and oxygen atoms in total. The minimum Gasteiger partial charge on any atom is -0.467 e. The van der Waals surface area contributed by atoms with Crippen molar-refractivity contribution in [2.24, 2.45) is 0 Å². The number of benzene rings is 1. The van der Waals surface area contributed by atoms with E-state index in [9.17, 15) is 4.39 Å². The molecule has 1 N–H and O–H groups in total. The van der Waals surface area contributed by atoms with Crippen LogP contribution >= 0.6 is 0 Å². The first-order valence-electron chi connectivity index (χ1n) is 6.88. The average Bonchev–Trinajstić information content (AvgIpc) is 2.91. The predicted molar refractivity (Wildman–Crippen MR) is 79.3 cm³/mol. The molecular formula is C16H21FN2O. The Hall–Kier alpha value is -1.81. The molecule has 0 spiro atoms. The first-order chi connectivity index (χ1) is 9.61. The van der Waals surface area contributed by atoms with Gasteiger partial charge in [0, 0.05) is 13.1 Å². The first kappa shape index (κ1) is 14.6. The monoisotopic (exact) mass is 276 g/mol. The lowest BCUT2D eigenvalue weighted by atomic mass is 10.1. The Kier molecular flexibility index (Phi) is 4.79. The maximum absolute atomic E-state index is 14.2. The Balaban J connectivity index is 2.12. The molecule has 1 aromatic carbocycles. The van der Waals surface area contributed by atoms with Crippen molar-refractivity contribution in [2.75, 3.05) is 18.5 Å². The lowest BCUT2D eigenvalue weighted by Gasteiger charge is -2.20. The lowest BCUT2D eigenvalue weighted by molar-refractivity contribution is 0.505. The average molecular weight is 276 g/mol. The van der Waals surface area contributed by atoms with Crippen LogP contribution in [0.25, 0.3) is 0 Å². The Morgan fingerprint density at radius 3 is 2.75 bits per heavy atom. The molecule has 0 aliphatic heterocycles. The molecule has 1 atom stereocenters. The molecule has 2 aromatic rings. The van der Waals surface area contributed by atoms with Crippen molar-refractivity contribution in [3.05, 3.63) is 53.7 Å². The van der Waals surface area contributed by atoms with Crippen LogP contribution in [0.3, 0.4) is 0 Å². The van der Waals surface area contributed by atoms with E-state index in [1.165, 1.54) is 0 Å². The van der Waals surface area contributed by atoms with Crippen molar-refractivity contribution in [3.8, 4) is 0 Å². The van der Waals surface area contributed by atoms with Gasteiger partial charge in [0.05, 0.1) is 18.5 Å². The summed E-state index contributed by atoms with van der Waals surface area (Å²) < 4.78 is 19.5. The standard InChI is InChI=1S/C16H21FN2O/c1-4-18-12(2)13-7-8-16(15(17)10-13)19(3)11-14-6-5-9-20-14/h5-10,12,18H,4,11H2,1-3H3. The summed E-state index contributed by atoms with van der Waals surface area (Å²) in [6.45, 7) is 5.48. The van der Waals surface area contributed by atoms with Gasteiger partial charge in [0.25, 0.3) is 0 Å². The predicted octanol–water partition coefficient (Wildman–Crippen LogP) is 3.73. The highest BCUT2D eigenvalue weighted by Gasteiger charge is 2.12. The maximum Gasteiger partial charge on any atom is 0.146 e. The molecule has 0 bridgehead atoms. The topological polar surface area (TPSA) is 28.4 Å². The van der Waals surface area contributed by atoms with E-state index in [0.717, 1.165) is 17.9 Å². The normalized spacial score (nSPS) is 12.4. The number of furan rings is 1. The van der Waals surface area contributed by atoms with Crippen LogP contribution in [-0.4, -0.2) is 13.6 Å². The highest BCUT2D eigenvalue weighted by atomic mass is 19.1. The second-order valence-corrected chi connectivity index (χ2v) is 4.93. The molecule has 0 aliphatic rings. The van der Waals surface area contributed by atoms with E-state index < -0.39 is 0 Å². The third kappa shape index (κ3) is 3.39. The molecule has 1 heterocycles. The summed E-state index contributed by atoms with van der Waals surface area (Å²) in [6, 6.07) is 9.25. The van der Waals surface area contributed by atoms with Crippen LogP contribution in [0.2, 0.25) is 0 Å². The van der Waals surface area contributed by atoms with E-state index in [2.05, 4.69) is 5.32 Å². The van der Waals surface area contributed by atoms with Gasteiger partial charge in [-0.05, 0) is 43.3 Å². The van der Waals surface area contributed by atoms with Crippen LogP contribution in [0.1, 0.15) is 31.2 Å². The molecule has 0 fully saturated rings. The van der Waals surface area contributed by atoms with Crippen molar-refractivity contribution in [1.29, 1.82) is 0 Å². The number of nitrogens with zero attached hydrogens (tertiary/aromatic N) is 1. The van der Waals surface area contributed by atoms with Crippen LogP contribution in [0.15, 0.2) is 41.0 Å². The van der Waals surface area contributed by atoms with Crippen LogP contribution < -0.4 is 10.2 Å². The molecule has 0 saturated heterocycles. The van der Waals surface area contributed by atoms with Gasteiger partial charge in [-0.3, -0.25) is 0 Å². The zero-order chi connectivity index (χ0) is 14.5. The molecule has 0 saturated carbocycles. The number of hydrogen-bond acceptors (Lipinski definition) is 3. The molecule has 0 aliphatic carbocycles. The molecule has 20 heavy (non-hydrogen) atoms. The highest BCUT2D eigenvalue weighted by molar-refractivity contribution is 5.49. The summed E-state index contributed by atoms with van der Waals surface area (Å²) in [5.74, 6) is 0.610. The second kappa shape index (κ2) is 6.57. The number of rotatable bonds is 6. The van der Waals surface area contributed by atoms with E-state index in [1.54, 1.807) is 12.3 Å². The molecule has 1 aromatic heterocycles. The fourth-order valence-electron chi connectivity index (χ4n) is 2.25. The number of anilines is 1.